The van der Waals surface area contributed by atoms with Crippen LogP contribution in [0.5, 0.6) is 0 Å². The van der Waals surface area contributed by atoms with E-state index in [9.17, 15) is 19.2 Å². The number of nitrogens with two attached hydrogens (primary N) is 1. The number of hydrogen-bond acceptors (Lipinski definition) is 5. The first-order chi connectivity index (χ1) is 15.9. The molecule has 2 aromatic carbocycles. The van der Waals surface area contributed by atoms with Crippen molar-refractivity contribution in [2.45, 2.75) is 18.9 Å². The first-order valence-electron chi connectivity index (χ1n) is 10.4. The highest BCUT2D eigenvalue weighted by molar-refractivity contribution is 6.04. The van der Waals surface area contributed by atoms with E-state index in [1.54, 1.807) is 36.4 Å². The van der Waals surface area contributed by atoms with E-state index in [-0.39, 0.29) is 5.82 Å². The zero-order valence-electron chi connectivity index (χ0n) is 17.9. The Labute approximate surface area is 189 Å². The molecule has 4 amide bonds. The van der Waals surface area contributed by atoms with E-state index >= 15 is 0 Å². The number of benzene rings is 2. The van der Waals surface area contributed by atoms with Gasteiger partial charge in [0.2, 0.25) is 5.91 Å². The summed E-state index contributed by atoms with van der Waals surface area (Å²) in [5, 5.41) is 6.22. The van der Waals surface area contributed by atoms with E-state index in [1.807, 2.05) is 12.1 Å². The lowest BCUT2D eigenvalue weighted by atomic mass is 10.2. The molecule has 0 saturated carbocycles. The van der Waals surface area contributed by atoms with Crippen molar-refractivity contribution in [2.75, 3.05) is 24.3 Å². The number of nitrogens with zero attached hydrogens (tertiary/aromatic N) is 2. The second-order valence-electron chi connectivity index (χ2n) is 7.61. The highest BCUT2D eigenvalue weighted by Gasteiger charge is 2.35. The molecule has 1 aliphatic heterocycles. The van der Waals surface area contributed by atoms with Crippen molar-refractivity contribution in [1.82, 2.24) is 9.47 Å². The highest BCUT2D eigenvalue weighted by Crippen LogP contribution is 2.25. The molecule has 10 heteroatoms. The summed E-state index contributed by atoms with van der Waals surface area (Å²) in [7, 11) is 1.28. The molecular weight excluding hydrogens is 426 g/mol. The smallest absolute Gasteiger partial charge is 0.337 e. The maximum absolute atomic E-state index is 13.1. The lowest BCUT2D eigenvalue weighted by molar-refractivity contribution is -0.119. The molecule has 2 heterocycles. The Hall–Kier alpha value is -4.34. The van der Waals surface area contributed by atoms with Gasteiger partial charge in [-0.25, -0.2) is 19.0 Å². The summed E-state index contributed by atoms with van der Waals surface area (Å²) >= 11 is 0. The number of carbonyl (C=O) groups is 4. The highest BCUT2D eigenvalue weighted by atomic mass is 16.5. The van der Waals surface area contributed by atoms with Gasteiger partial charge in [0.15, 0.2) is 0 Å². The van der Waals surface area contributed by atoms with Crippen LogP contribution in [0, 0.1) is 0 Å². The number of esters is 1. The van der Waals surface area contributed by atoms with E-state index in [0.717, 1.165) is 5.39 Å². The van der Waals surface area contributed by atoms with Crippen LogP contribution in [-0.2, 0) is 9.53 Å². The number of urea groups is 1. The molecule has 0 spiro atoms. The number of nitrogens with one attached hydrogen (secondary N) is 2. The Bertz CT molecular complexity index is 1250. The minimum atomic E-state index is -0.729. The molecule has 0 bridgehead atoms. The number of carbonyl (C=O) groups excluding carboxylic acids is 4. The van der Waals surface area contributed by atoms with E-state index < -0.39 is 30.0 Å². The molecule has 4 rings (SSSR count). The maximum atomic E-state index is 13.1. The fourth-order valence-corrected chi connectivity index (χ4v) is 4.01. The van der Waals surface area contributed by atoms with Gasteiger partial charge in [0.25, 0.3) is 0 Å². The van der Waals surface area contributed by atoms with Gasteiger partial charge in [0.1, 0.15) is 11.9 Å². The van der Waals surface area contributed by atoms with Gasteiger partial charge in [-0.1, -0.05) is 24.3 Å². The van der Waals surface area contributed by atoms with Gasteiger partial charge in [-0.05, 0) is 43.2 Å². The molecule has 33 heavy (non-hydrogen) atoms. The molecule has 3 aromatic rings. The number of primary amides is 1. The van der Waals surface area contributed by atoms with Crippen LogP contribution < -0.4 is 16.4 Å². The number of methoxy groups -OCH3 is 1. The van der Waals surface area contributed by atoms with E-state index in [4.69, 9.17) is 10.5 Å². The van der Waals surface area contributed by atoms with Gasteiger partial charge in [-0.15, -0.1) is 0 Å². The largest absolute Gasteiger partial charge is 0.465 e. The predicted octanol–water partition coefficient (Wildman–Crippen LogP) is 2.99. The fourth-order valence-electron chi connectivity index (χ4n) is 4.01. The molecule has 4 N–H and O–H groups in total. The number of para-hydroxylation sites is 1. The Morgan fingerprint density at radius 1 is 1.03 bits per heavy atom. The number of aromatic nitrogens is 1. The summed E-state index contributed by atoms with van der Waals surface area (Å²) in [6.45, 7) is 0.388. The van der Waals surface area contributed by atoms with Crippen molar-refractivity contribution in [3.8, 4) is 0 Å². The summed E-state index contributed by atoms with van der Waals surface area (Å²) in [4.78, 5) is 51.1. The lowest BCUT2D eigenvalue weighted by Gasteiger charge is -2.24. The quantitative estimate of drug-likeness (QED) is 0.526. The fraction of sp³-hybridized carbons (Fsp3) is 0.217. The average Bonchev–Trinajstić information content (AvgIpc) is 3.43. The predicted molar refractivity (Wildman–Crippen MR) is 122 cm³/mol. The van der Waals surface area contributed by atoms with Crippen molar-refractivity contribution in [2.24, 2.45) is 5.73 Å². The number of hydrogen-bond donors (Lipinski definition) is 3. The summed E-state index contributed by atoms with van der Waals surface area (Å²) in [5.41, 5.74) is 6.80. The van der Waals surface area contributed by atoms with Crippen LogP contribution >= 0.6 is 0 Å². The third-order valence-electron chi connectivity index (χ3n) is 5.53. The van der Waals surface area contributed by atoms with Gasteiger partial charge in [0, 0.05) is 17.6 Å². The molecule has 1 aromatic heterocycles. The van der Waals surface area contributed by atoms with Crippen molar-refractivity contribution < 1.29 is 23.9 Å². The normalized spacial score (nSPS) is 15.3. The molecule has 10 nitrogen and oxygen atoms in total. The Morgan fingerprint density at radius 2 is 1.82 bits per heavy atom. The van der Waals surface area contributed by atoms with Crippen LogP contribution in [0.3, 0.4) is 0 Å². The van der Waals surface area contributed by atoms with E-state index in [2.05, 4.69) is 10.6 Å². The van der Waals surface area contributed by atoms with Gasteiger partial charge in [-0.2, -0.15) is 0 Å². The number of amides is 4. The SMILES string of the molecule is COC(=O)c1cccc(NC(=O)N2CCC[C@H]2C(=O)Nc2cc3ccccc3n2C(N)=O)c1. The molecular formula is C23H23N5O5. The molecule has 0 unspecified atom stereocenters. The van der Waals surface area contributed by atoms with Gasteiger partial charge >= 0.3 is 18.0 Å². The zero-order valence-corrected chi connectivity index (χ0v) is 17.9. The zero-order chi connectivity index (χ0) is 23.5. The van der Waals surface area contributed by atoms with Gasteiger partial charge in [-0.3, -0.25) is 4.79 Å². The third-order valence-corrected chi connectivity index (χ3v) is 5.53. The first kappa shape index (κ1) is 21.9. The average molecular weight is 449 g/mol. The Morgan fingerprint density at radius 3 is 2.58 bits per heavy atom. The van der Waals surface area contributed by atoms with E-state index in [1.165, 1.54) is 22.6 Å². The molecule has 0 aliphatic carbocycles. The number of rotatable bonds is 4. The molecule has 170 valence electrons. The second kappa shape index (κ2) is 9.03. The summed E-state index contributed by atoms with van der Waals surface area (Å²) in [6, 6.07) is 13.2. The van der Waals surface area contributed by atoms with Crippen molar-refractivity contribution >= 4 is 46.3 Å². The lowest BCUT2D eigenvalue weighted by Crippen LogP contribution is -2.45. The van der Waals surface area contributed by atoms with E-state index in [0.29, 0.717) is 36.2 Å². The van der Waals surface area contributed by atoms with Crippen LogP contribution in [0.15, 0.2) is 54.6 Å². The second-order valence-corrected chi connectivity index (χ2v) is 7.61. The standard InChI is InChI=1S/C23H23N5O5/c1-33-21(30)15-7-4-8-16(12-15)25-23(32)27-11-5-10-18(27)20(29)26-19-13-14-6-2-3-9-17(14)28(19)22(24)31/h2-4,6-9,12-13,18H,5,10-11H2,1H3,(H2,24,31)(H,25,32)(H,26,29)/t18-/m0/s1. The van der Waals surface area contributed by atoms with Crippen molar-refractivity contribution in [1.29, 1.82) is 0 Å². The number of likely N-dealkylation sites (tertiary alicyclic amines) is 1. The third kappa shape index (κ3) is 4.36. The first-order valence-corrected chi connectivity index (χ1v) is 10.4. The minimum Gasteiger partial charge on any atom is -0.465 e. The topological polar surface area (TPSA) is 136 Å². The number of anilines is 2. The molecule has 1 aliphatic rings. The van der Waals surface area contributed by atoms with Gasteiger partial charge in [0.05, 0.1) is 18.2 Å². The molecule has 0 radical (unpaired) electrons. The monoisotopic (exact) mass is 449 g/mol. The van der Waals surface area contributed by atoms with Crippen LogP contribution in [0.4, 0.5) is 21.1 Å². The summed E-state index contributed by atoms with van der Waals surface area (Å²) in [5.74, 6) is -0.697. The molecule has 1 atom stereocenters. The van der Waals surface area contributed by atoms with Crippen LogP contribution in [0.2, 0.25) is 0 Å². The van der Waals surface area contributed by atoms with Gasteiger partial charge < -0.3 is 26.0 Å². The van der Waals surface area contributed by atoms with Crippen LogP contribution in [0.25, 0.3) is 10.9 Å². The molecule has 1 saturated heterocycles. The van der Waals surface area contributed by atoms with Crippen molar-refractivity contribution in [3.05, 3.63) is 60.2 Å². The summed E-state index contributed by atoms with van der Waals surface area (Å²) in [6.07, 6.45) is 1.12. The Kier molecular flexibility index (Phi) is 5.99. The Balaban J connectivity index is 1.51. The molecule has 1 fully saturated rings. The summed E-state index contributed by atoms with van der Waals surface area (Å²) < 4.78 is 5.93. The van der Waals surface area contributed by atoms with Crippen LogP contribution in [-0.4, -0.2) is 53.1 Å². The number of ether oxygens (including phenoxy) is 1. The maximum Gasteiger partial charge on any atom is 0.337 e. The van der Waals surface area contributed by atoms with Crippen LogP contribution in [0.1, 0.15) is 23.2 Å². The minimum absolute atomic E-state index is 0.242. The number of fused-ring (bicyclic) bond motifs is 1. The van der Waals surface area contributed by atoms with Crippen molar-refractivity contribution in [3.63, 3.8) is 0 Å².